The van der Waals surface area contributed by atoms with E-state index in [1.807, 2.05) is 36.4 Å². The Morgan fingerprint density at radius 3 is 2.75 bits per heavy atom. The molecule has 8 heteroatoms. The SMILES string of the molecule is CC1=C(C(N)=O)[C@H](c2cccc(O)c2)n2nc(SCc3ccccc3)nc2N1. The van der Waals surface area contributed by atoms with E-state index in [0.29, 0.717) is 27.9 Å². The number of fused-ring (bicyclic) bond motifs is 1. The van der Waals surface area contributed by atoms with Crippen molar-refractivity contribution < 1.29 is 9.90 Å². The number of nitrogens with zero attached hydrogens (tertiary/aromatic N) is 3. The minimum Gasteiger partial charge on any atom is -0.508 e. The summed E-state index contributed by atoms with van der Waals surface area (Å²) < 4.78 is 1.65. The number of phenols is 1. The molecule has 142 valence electrons. The standard InChI is InChI=1S/C20H19N5O2S/c1-12-16(18(21)27)17(14-8-5-9-15(26)10-14)25-19(22-12)23-20(24-25)28-11-13-6-3-2-4-7-13/h2-10,17,26H,11H2,1H3,(H2,21,27)(H,22,23,24)/t17-/m0/s1. The molecule has 0 saturated carbocycles. The van der Waals surface area contributed by atoms with E-state index in [0.717, 1.165) is 5.75 Å². The maximum atomic E-state index is 12.2. The molecule has 4 N–H and O–H groups in total. The van der Waals surface area contributed by atoms with Gasteiger partial charge in [0, 0.05) is 11.4 Å². The predicted octanol–water partition coefficient (Wildman–Crippen LogP) is 3.05. The molecule has 2 heterocycles. The second-order valence-electron chi connectivity index (χ2n) is 6.46. The van der Waals surface area contributed by atoms with Crippen LogP contribution in [0.1, 0.15) is 24.1 Å². The lowest BCUT2D eigenvalue weighted by Crippen LogP contribution is -2.31. The minimum absolute atomic E-state index is 0.109. The summed E-state index contributed by atoms with van der Waals surface area (Å²) in [4.78, 5) is 16.7. The Hall–Kier alpha value is -3.26. The number of hydrogen-bond acceptors (Lipinski definition) is 6. The molecule has 0 bridgehead atoms. The predicted molar refractivity (Wildman–Crippen MR) is 108 cm³/mol. The number of primary amides is 1. The van der Waals surface area contributed by atoms with Gasteiger partial charge < -0.3 is 16.2 Å². The van der Waals surface area contributed by atoms with E-state index in [1.54, 1.807) is 29.8 Å². The van der Waals surface area contributed by atoms with Crippen LogP contribution in [0.2, 0.25) is 0 Å². The van der Waals surface area contributed by atoms with Crippen LogP contribution in [0.15, 0.2) is 71.0 Å². The van der Waals surface area contributed by atoms with Crippen LogP contribution in [-0.2, 0) is 10.5 Å². The van der Waals surface area contributed by atoms with Gasteiger partial charge in [-0.05, 0) is 30.2 Å². The van der Waals surface area contributed by atoms with Crippen molar-refractivity contribution in [1.29, 1.82) is 0 Å². The van der Waals surface area contributed by atoms with E-state index in [2.05, 4.69) is 15.4 Å². The number of nitrogens with one attached hydrogen (secondary N) is 1. The molecule has 0 fully saturated rings. The maximum absolute atomic E-state index is 12.2. The number of benzene rings is 2. The Labute approximate surface area is 166 Å². The van der Waals surface area contributed by atoms with Gasteiger partial charge in [-0.25, -0.2) is 4.68 Å². The quantitative estimate of drug-likeness (QED) is 0.575. The van der Waals surface area contributed by atoms with Gasteiger partial charge in [-0.3, -0.25) is 4.79 Å². The molecule has 0 saturated heterocycles. The summed E-state index contributed by atoms with van der Waals surface area (Å²) >= 11 is 1.51. The molecular formula is C20H19N5O2S. The Kier molecular flexibility index (Phi) is 4.79. The van der Waals surface area contributed by atoms with E-state index in [-0.39, 0.29) is 5.75 Å². The third-order valence-corrected chi connectivity index (χ3v) is 5.40. The summed E-state index contributed by atoms with van der Waals surface area (Å²) in [7, 11) is 0. The second-order valence-corrected chi connectivity index (χ2v) is 7.40. The van der Waals surface area contributed by atoms with Gasteiger partial charge in [0.1, 0.15) is 11.8 Å². The highest BCUT2D eigenvalue weighted by molar-refractivity contribution is 7.98. The lowest BCUT2D eigenvalue weighted by atomic mass is 9.95. The number of amides is 1. The highest BCUT2D eigenvalue weighted by atomic mass is 32.2. The number of allylic oxidation sites excluding steroid dienone is 1. The van der Waals surface area contributed by atoms with Gasteiger partial charge in [-0.1, -0.05) is 54.2 Å². The van der Waals surface area contributed by atoms with Crippen molar-refractivity contribution >= 4 is 23.6 Å². The summed E-state index contributed by atoms with van der Waals surface area (Å²) in [5, 5.41) is 18.2. The molecule has 4 rings (SSSR count). The number of aromatic hydroxyl groups is 1. The molecule has 2 aromatic carbocycles. The van der Waals surface area contributed by atoms with Gasteiger partial charge in [0.05, 0.1) is 5.57 Å². The van der Waals surface area contributed by atoms with Gasteiger partial charge >= 0.3 is 0 Å². The van der Waals surface area contributed by atoms with E-state index in [1.165, 1.54) is 17.3 Å². The average molecular weight is 393 g/mol. The fraction of sp³-hybridized carbons (Fsp3) is 0.150. The molecule has 1 aromatic heterocycles. The third kappa shape index (κ3) is 3.46. The molecule has 1 aliphatic rings. The molecule has 28 heavy (non-hydrogen) atoms. The topological polar surface area (TPSA) is 106 Å². The first-order valence-corrected chi connectivity index (χ1v) is 9.71. The van der Waals surface area contributed by atoms with Crippen molar-refractivity contribution in [2.75, 3.05) is 5.32 Å². The van der Waals surface area contributed by atoms with Gasteiger partial charge in [0.25, 0.3) is 0 Å². The fourth-order valence-electron chi connectivity index (χ4n) is 3.24. The summed E-state index contributed by atoms with van der Waals surface area (Å²) in [6.45, 7) is 1.78. The molecule has 0 radical (unpaired) electrons. The number of nitrogens with two attached hydrogens (primary N) is 1. The maximum Gasteiger partial charge on any atom is 0.248 e. The monoisotopic (exact) mass is 393 g/mol. The number of carbonyl (C=O) groups excluding carboxylic acids is 1. The molecule has 3 aromatic rings. The lowest BCUT2D eigenvalue weighted by molar-refractivity contribution is -0.115. The van der Waals surface area contributed by atoms with Crippen LogP contribution in [0.5, 0.6) is 5.75 Å². The van der Waals surface area contributed by atoms with Gasteiger partial charge in [-0.2, -0.15) is 4.98 Å². The minimum atomic E-state index is -0.556. The normalized spacial score (nSPS) is 15.8. The van der Waals surface area contributed by atoms with Crippen LogP contribution in [0.25, 0.3) is 0 Å². The van der Waals surface area contributed by atoms with Gasteiger partial charge in [0.2, 0.25) is 17.0 Å². The fourth-order valence-corrected chi connectivity index (χ4v) is 4.02. The molecule has 0 aliphatic carbocycles. The molecule has 1 amide bonds. The third-order valence-electron chi connectivity index (χ3n) is 4.50. The van der Waals surface area contributed by atoms with Crippen LogP contribution in [0, 0.1) is 0 Å². The molecule has 1 atom stereocenters. The number of anilines is 1. The Balaban J connectivity index is 1.71. The second kappa shape index (κ2) is 7.40. The van der Waals surface area contributed by atoms with Crippen molar-refractivity contribution in [3.8, 4) is 5.75 Å². The number of aromatic nitrogens is 3. The number of carbonyl (C=O) groups is 1. The number of rotatable bonds is 5. The average Bonchev–Trinajstić information content (AvgIpc) is 3.08. The number of phenolic OH excluding ortho intramolecular Hbond substituents is 1. The van der Waals surface area contributed by atoms with Crippen molar-refractivity contribution in [3.05, 3.63) is 77.0 Å². The summed E-state index contributed by atoms with van der Waals surface area (Å²) in [5.41, 5.74) is 8.55. The van der Waals surface area contributed by atoms with E-state index in [4.69, 9.17) is 5.73 Å². The van der Waals surface area contributed by atoms with Crippen LogP contribution in [0.3, 0.4) is 0 Å². The highest BCUT2D eigenvalue weighted by Gasteiger charge is 2.33. The summed E-state index contributed by atoms with van der Waals surface area (Å²) in [6, 6.07) is 16.2. The molecule has 1 aliphatic heterocycles. The number of hydrogen-bond donors (Lipinski definition) is 3. The van der Waals surface area contributed by atoms with Gasteiger partial charge in [0.15, 0.2) is 0 Å². The largest absolute Gasteiger partial charge is 0.508 e. The molecule has 7 nitrogen and oxygen atoms in total. The molecule has 0 unspecified atom stereocenters. The van der Waals surface area contributed by atoms with Crippen molar-refractivity contribution in [2.45, 2.75) is 23.9 Å². The Morgan fingerprint density at radius 2 is 2.04 bits per heavy atom. The van der Waals surface area contributed by atoms with Crippen molar-refractivity contribution in [2.24, 2.45) is 5.73 Å². The first-order chi connectivity index (χ1) is 13.5. The van der Waals surface area contributed by atoms with Crippen LogP contribution in [-0.4, -0.2) is 25.8 Å². The van der Waals surface area contributed by atoms with Crippen LogP contribution < -0.4 is 11.1 Å². The van der Waals surface area contributed by atoms with Crippen molar-refractivity contribution in [1.82, 2.24) is 14.8 Å². The van der Waals surface area contributed by atoms with Gasteiger partial charge in [-0.15, -0.1) is 5.10 Å². The zero-order chi connectivity index (χ0) is 19.7. The molecule has 0 spiro atoms. The Bertz CT molecular complexity index is 1060. The smallest absolute Gasteiger partial charge is 0.248 e. The lowest BCUT2D eigenvalue weighted by Gasteiger charge is -2.27. The highest BCUT2D eigenvalue weighted by Crippen LogP contribution is 2.37. The summed E-state index contributed by atoms with van der Waals surface area (Å²) in [6.07, 6.45) is 0. The summed E-state index contributed by atoms with van der Waals surface area (Å²) in [5.74, 6) is 0.832. The van der Waals surface area contributed by atoms with Crippen molar-refractivity contribution in [3.63, 3.8) is 0 Å². The van der Waals surface area contributed by atoms with E-state index < -0.39 is 11.9 Å². The zero-order valence-electron chi connectivity index (χ0n) is 15.2. The molecular weight excluding hydrogens is 374 g/mol. The Morgan fingerprint density at radius 1 is 1.25 bits per heavy atom. The van der Waals surface area contributed by atoms with E-state index in [9.17, 15) is 9.90 Å². The van der Waals surface area contributed by atoms with E-state index >= 15 is 0 Å². The first-order valence-electron chi connectivity index (χ1n) is 8.72. The number of thioether (sulfide) groups is 1. The van der Waals surface area contributed by atoms with Crippen LogP contribution >= 0.6 is 11.8 Å². The first kappa shape index (κ1) is 18.1. The van der Waals surface area contributed by atoms with Crippen LogP contribution in [0.4, 0.5) is 5.95 Å². The zero-order valence-corrected chi connectivity index (χ0v) is 16.0.